The standard InChI is InChI=1S/C21H24N4O2/c1-4-25-18-8-6-5-7-16(18)12-19(25)21(27)24-23-20(26)13-22-17-10-9-14(2)11-15(17)3/h5-12,22H,4,13H2,1-3H3,(H,23,26)(H,24,27). The van der Waals surface area contributed by atoms with Gasteiger partial charge in [0.1, 0.15) is 5.69 Å². The number of rotatable bonds is 5. The fourth-order valence-corrected chi connectivity index (χ4v) is 3.16. The normalized spacial score (nSPS) is 10.6. The summed E-state index contributed by atoms with van der Waals surface area (Å²) in [6.45, 7) is 6.72. The zero-order valence-electron chi connectivity index (χ0n) is 15.8. The molecule has 3 rings (SSSR count). The minimum Gasteiger partial charge on any atom is -0.376 e. The van der Waals surface area contributed by atoms with Gasteiger partial charge >= 0.3 is 0 Å². The summed E-state index contributed by atoms with van der Waals surface area (Å²) < 4.78 is 1.92. The van der Waals surface area contributed by atoms with Crippen molar-refractivity contribution in [1.82, 2.24) is 15.4 Å². The van der Waals surface area contributed by atoms with Crippen LogP contribution in [0.5, 0.6) is 0 Å². The van der Waals surface area contributed by atoms with E-state index in [-0.39, 0.29) is 18.4 Å². The van der Waals surface area contributed by atoms with Gasteiger partial charge in [-0.25, -0.2) is 0 Å². The SMILES string of the molecule is CCn1c(C(=O)NNC(=O)CNc2ccc(C)cc2C)cc2ccccc21. The molecule has 2 amide bonds. The highest BCUT2D eigenvalue weighted by Crippen LogP contribution is 2.19. The first-order valence-corrected chi connectivity index (χ1v) is 8.98. The molecule has 0 saturated carbocycles. The molecule has 3 aromatic rings. The van der Waals surface area contributed by atoms with Gasteiger partial charge in [-0.15, -0.1) is 0 Å². The highest BCUT2D eigenvalue weighted by atomic mass is 16.2. The molecular formula is C21H24N4O2. The van der Waals surface area contributed by atoms with E-state index < -0.39 is 0 Å². The molecule has 27 heavy (non-hydrogen) atoms. The molecule has 6 nitrogen and oxygen atoms in total. The predicted molar refractivity (Wildman–Crippen MR) is 108 cm³/mol. The third-order valence-corrected chi connectivity index (χ3v) is 4.50. The van der Waals surface area contributed by atoms with Crippen LogP contribution >= 0.6 is 0 Å². The van der Waals surface area contributed by atoms with Crippen molar-refractivity contribution >= 4 is 28.4 Å². The second-order valence-corrected chi connectivity index (χ2v) is 6.51. The van der Waals surface area contributed by atoms with Crippen molar-refractivity contribution in [1.29, 1.82) is 0 Å². The summed E-state index contributed by atoms with van der Waals surface area (Å²) in [6, 6.07) is 15.6. The van der Waals surface area contributed by atoms with E-state index in [9.17, 15) is 9.59 Å². The fraction of sp³-hybridized carbons (Fsp3) is 0.238. The van der Waals surface area contributed by atoms with Gasteiger partial charge in [-0.1, -0.05) is 35.9 Å². The third-order valence-electron chi connectivity index (χ3n) is 4.50. The van der Waals surface area contributed by atoms with Gasteiger partial charge in [0.05, 0.1) is 6.54 Å². The number of anilines is 1. The number of carbonyl (C=O) groups excluding carboxylic acids is 2. The minimum absolute atomic E-state index is 0.0704. The molecule has 1 aromatic heterocycles. The van der Waals surface area contributed by atoms with Crippen LogP contribution in [-0.2, 0) is 11.3 Å². The number of nitrogens with zero attached hydrogens (tertiary/aromatic N) is 1. The monoisotopic (exact) mass is 364 g/mol. The maximum absolute atomic E-state index is 12.5. The van der Waals surface area contributed by atoms with Gasteiger partial charge in [-0.05, 0) is 44.5 Å². The molecule has 3 N–H and O–H groups in total. The maximum atomic E-state index is 12.5. The number of fused-ring (bicyclic) bond motifs is 1. The molecule has 1 heterocycles. The topological polar surface area (TPSA) is 75.2 Å². The van der Waals surface area contributed by atoms with Gasteiger partial charge in [0, 0.05) is 23.1 Å². The lowest BCUT2D eigenvalue weighted by atomic mass is 10.1. The summed E-state index contributed by atoms with van der Waals surface area (Å²) in [5.41, 5.74) is 9.60. The Kier molecular flexibility index (Phi) is 5.45. The van der Waals surface area contributed by atoms with E-state index in [1.54, 1.807) is 0 Å². The average molecular weight is 364 g/mol. The summed E-state index contributed by atoms with van der Waals surface area (Å²) in [5, 5.41) is 4.07. The highest BCUT2D eigenvalue weighted by molar-refractivity contribution is 5.99. The van der Waals surface area contributed by atoms with Crippen LogP contribution in [-0.4, -0.2) is 22.9 Å². The Balaban J connectivity index is 1.59. The lowest BCUT2D eigenvalue weighted by Gasteiger charge is -2.12. The Morgan fingerprint density at radius 3 is 2.52 bits per heavy atom. The number of para-hydroxylation sites is 1. The smallest absolute Gasteiger partial charge is 0.286 e. The van der Waals surface area contributed by atoms with Crippen LogP contribution in [0.15, 0.2) is 48.5 Å². The lowest BCUT2D eigenvalue weighted by Crippen LogP contribution is -2.44. The maximum Gasteiger partial charge on any atom is 0.286 e. The zero-order chi connectivity index (χ0) is 19.4. The van der Waals surface area contributed by atoms with Crippen molar-refractivity contribution in [2.75, 3.05) is 11.9 Å². The third kappa shape index (κ3) is 4.11. The highest BCUT2D eigenvalue weighted by Gasteiger charge is 2.15. The molecule has 0 atom stereocenters. The second kappa shape index (κ2) is 7.95. The number of hydrogen-bond donors (Lipinski definition) is 3. The van der Waals surface area contributed by atoms with Crippen LogP contribution < -0.4 is 16.2 Å². The van der Waals surface area contributed by atoms with Gasteiger partial charge in [-0.2, -0.15) is 0 Å². The first-order valence-electron chi connectivity index (χ1n) is 8.98. The Morgan fingerprint density at radius 2 is 1.78 bits per heavy atom. The van der Waals surface area contributed by atoms with Gasteiger partial charge in [0.25, 0.3) is 11.8 Å². The van der Waals surface area contributed by atoms with Crippen LogP contribution in [0.3, 0.4) is 0 Å². The Bertz CT molecular complexity index is 991. The molecule has 140 valence electrons. The van der Waals surface area contributed by atoms with Crippen molar-refractivity contribution in [2.24, 2.45) is 0 Å². The number of amides is 2. The molecule has 6 heteroatoms. The molecule has 0 radical (unpaired) electrons. The van der Waals surface area contributed by atoms with E-state index in [4.69, 9.17) is 0 Å². The lowest BCUT2D eigenvalue weighted by molar-refractivity contribution is -0.120. The van der Waals surface area contributed by atoms with Gasteiger partial charge in [0.15, 0.2) is 0 Å². The van der Waals surface area contributed by atoms with Crippen LogP contribution in [0.4, 0.5) is 5.69 Å². The molecule has 2 aromatic carbocycles. The van der Waals surface area contributed by atoms with Crippen molar-refractivity contribution in [3.05, 3.63) is 65.4 Å². The van der Waals surface area contributed by atoms with E-state index in [1.807, 2.05) is 73.9 Å². The fourth-order valence-electron chi connectivity index (χ4n) is 3.16. The first-order chi connectivity index (χ1) is 13.0. The van der Waals surface area contributed by atoms with Crippen molar-refractivity contribution in [2.45, 2.75) is 27.3 Å². The van der Waals surface area contributed by atoms with Crippen molar-refractivity contribution in [3.63, 3.8) is 0 Å². The summed E-state index contributed by atoms with van der Waals surface area (Å²) in [6.07, 6.45) is 0. The predicted octanol–water partition coefficient (Wildman–Crippen LogP) is 3.15. The molecule has 0 aliphatic carbocycles. The average Bonchev–Trinajstić information content (AvgIpc) is 3.04. The van der Waals surface area contributed by atoms with Crippen molar-refractivity contribution < 1.29 is 9.59 Å². The molecule has 0 spiro atoms. The van der Waals surface area contributed by atoms with Crippen LogP contribution in [0, 0.1) is 13.8 Å². The Morgan fingerprint density at radius 1 is 1.00 bits per heavy atom. The van der Waals surface area contributed by atoms with E-state index in [1.165, 1.54) is 5.56 Å². The van der Waals surface area contributed by atoms with Gasteiger partial charge in [-0.3, -0.25) is 20.4 Å². The van der Waals surface area contributed by atoms with E-state index >= 15 is 0 Å². The Hall–Kier alpha value is -3.28. The summed E-state index contributed by atoms with van der Waals surface area (Å²) >= 11 is 0. The Labute approximate surface area is 158 Å². The van der Waals surface area contributed by atoms with Crippen molar-refractivity contribution in [3.8, 4) is 0 Å². The quantitative estimate of drug-likeness (QED) is 0.609. The minimum atomic E-state index is -0.340. The largest absolute Gasteiger partial charge is 0.376 e. The second-order valence-electron chi connectivity index (χ2n) is 6.51. The molecule has 0 aliphatic rings. The molecule has 0 bridgehead atoms. The summed E-state index contributed by atoms with van der Waals surface area (Å²) in [5.74, 6) is -0.657. The number of benzene rings is 2. The number of aryl methyl sites for hydroxylation is 3. The van der Waals surface area contributed by atoms with E-state index in [0.717, 1.165) is 22.2 Å². The van der Waals surface area contributed by atoms with Crippen LogP contribution in [0.2, 0.25) is 0 Å². The summed E-state index contributed by atoms with van der Waals surface area (Å²) in [7, 11) is 0. The van der Waals surface area contributed by atoms with E-state index in [0.29, 0.717) is 12.2 Å². The number of nitrogens with one attached hydrogen (secondary N) is 3. The zero-order valence-corrected chi connectivity index (χ0v) is 15.8. The first kappa shape index (κ1) is 18.5. The molecule has 0 saturated heterocycles. The van der Waals surface area contributed by atoms with Gasteiger partial charge < -0.3 is 9.88 Å². The van der Waals surface area contributed by atoms with Crippen LogP contribution in [0.25, 0.3) is 10.9 Å². The molecular weight excluding hydrogens is 340 g/mol. The van der Waals surface area contributed by atoms with E-state index in [2.05, 4.69) is 16.2 Å². The number of carbonyl (C=O) groups is 2. The summed E-state index contributed by atoms with van der Waals surface area (Å²) in [4.78, 5) is 24.6. The van der Waals surface area contributed by atoms with Crippen LogP contribution in [0.1, 0.15) is 28.5 Å². The molecule has 0 unspecified atom stereocenters. The molecule has 0 aliphatic heterocycles. The molecule has 0 fully saturated rings. The number of hydrogen-bond acceptors (Lipinski definition) is 3. The number of hydrazine groups is 1. The number of aromatic nitrogens is 1. The van der Waals surface area contributed by atoms with Gasteiger partial charge in [0.2, 0.25) is 0 Å².